The molecule has 0 amide bonds. The third-order valence-corrected chi connectivity index (χ3v) is 5.01. The summed E-state index contributed by atoms with van der Waals surface area (Å²) < 4.78 is 24.0. The van der Waals surface area contributed by atoms with Gasteiger partial charge in [-0.25, -0.2) is 13.6 Å². The van der Waals surface area contributed by atoms with Crippen LogP contribution in [0.2, 0.25) is 5.02 Å². The molecule has 122 valence electrons. The first-order chi connectivity index (χ1) is 9.95. The number of hydrogen-bond donors (Lipinski definition) is 2. The van der Waals surface area contributed by atoms with Crippen LogP contribution in [-0.2, 0) is 16.4 Å². The lowest BCUT2D eigenvalue weighted by atomic mass is 10.0. The number of nitrogens with two attached hydrogens (primary N) is 1. The molecule has 0 radical (unpaired) electrons. The van der Waals surface area contributed by atoms with Crippen molar-refractivity contribution in [2.45, 2.75) is 43.9 Å². The van der Waals surface area contributed by atoms with E-state index in [-0.39, 0.29) is 11.0 Å². The van der Waals surface area contributed by atoms with E-state index >= 15 is 0 Å². The molecule has 2 aromatic carbocycles. The highest BCUT2D eigenvalue weighted by atomic mass is 35.5. The average molecular weight is 343 g/mol. The smallest absolute Gasteiger partial charge is 0.238 e. The summed E-state index contributed by atoms with van der Waals surface area (Å²) in [5.74, 6) is 0. The van der Waals surface area contributed by atoms with Gasteiger partial charge in [0.25, 0.3) is 0 Å². The van der Waals surface area contributed by atoms with Gasteiger partial charge in [-0.2, -0.15) is 0 Å². The predicted octanol–water partition coefficient (Wildman–Crippen LogP) is 4.43. The summed E-state index contributed by atoms with van der Waals surface area (Å²) in [5.41, 5.74) is 0.781. The fourth-order valence-corrected chi connectivity index (χ4v) is 3.87. The number of hydrogen-bond acceptors (Lipinski definition) is 3. The van der Waals surface area contributed by atoms with E-state index in [0.29, 0.717) is 16.8 Å². The Balaban J connectivity index is 0.00000242. The highest BCUT2D eigenvalue weighted by Crippen LogP contribution is 2.31. The van der Waals surface area contributed by atoms with Crippen molar-refractivity contribution in [3.05, 3.63) is 40.9 Å². The number of sulfonamides is 1. The van der Waals surface area contributed by atoms with Crippen LogP contribution in [0.1, 0.15) is 38.2 Å². The first-order valence-electron chi connectivity index (χ1n) is 7.18. The molecule has 0 aliphatic rings. The predicted molar refractivity (Wildman–Crippen MR) is 93.2 cm³/mol. The molecule has 2 aromatic rings. The molecule has 0 atom stereocenters. The van der Waals surface area contributed by atoms with Gasteiger partial charge in [-0.15, -0.1) is 0 Å². The van der Waals surface area contributed by atoms with Gasteiger partial charge < -0.3 is 6.15 Å². The van der Waals surface area contributed by atoms with E-state index in [4.69, 9.17) is 16.7 Å². The van der Waals surface area contributed by atoms with Crippen LogP contribution in [0.15, 0.2) is 35.2 Å². The lowest BCUT2D eigenvalue weighted by molar-refractivity contribution is 0.596. The molecule has 0 saturated carbocycles. The molecule has 2 rings (SSSR count). The summed E-state index contributed by atoms with van der Waals surface area (Å²) in [6.45, 7) is 2.15. The molecule has 0 saturated heterocycles. The molecule has 0 bridgehead atoms. The highest BCUT2D eigenvalue weighted by molar-refractivity contribution is 7.89. The molecule has 0 fully saturated rings. The first-order valence-corrected chi connectivity index (χ1v) is 9.10. The van der Waals surface area contributed by atoms with Crippen molar-refractivity contribution in [3.8, 4) is 0 Å². The van der Waals surface area contributed by atoms with Crippen LogP contribution < -0.4 is 11.3 Å². The van der Waals surface area contributed by atoms with Crippen LogP contribution in [0.4, 0.5) is 0 Å². The molecule has 0 heterocycles. The monoisotopic (exact) mass is 342 g/mol. The van der Waals surface area contributed by atoms with Gasteiger partial charge in [0.2, 0.25) is 10.0 Å². The minimum Gasteiger partial charge on any atom is -0.344 e. The van der Waals surface area contributed by atoms with Gasteiger partial charge >= 0.3 is 0 Å². The number of rotatable bonds is 6. The van der Waals surface area contributed by atoms with Crippen LogP contribution in [0, 0.1) is 0 Å². The van der Waals surface area contributed by atoms with Gasteiger partial charge in [0.05, 0.1) is 4.90 Å². The standard InChI is InChI=1S/C16H20ClNO2S.H3N/c1-2-3-4-5-7-12-10-11-13-14(8-6-9-15(13)17)16(12)21(18,19)20;/h6,8-11H,2-5,7H2,1H3,(H2,18,19,20);1H3. The quantitative estimate of drug-likeness (QED) is 0.760. The molecule has 22 heavy (non-hydrogen) atoms. The van der Waals surface area contributed by atoms with Crippen LogP contribution >= 0.6 is 11.6 Å². The van der Waals surface area contributed by atoms with E-state index in [0.717, 1.165) is 36.6 Å². The van der Waals surface area contributed by atoms with E-state index < -0.39 is 10.0 Å². The normalized spacial score (nSPS) is 11.4. The molecule has 4 nitrogen and oxygen atoms in total. The van der Waals surface area contributed by atoms with Crippen molar-refractivity contribution in [1.82, 2.24) is 6.15 Å². The minimum absolute atomic E-state index is 0. The van der Waals surface area contributed by atoms with E-state index in [9.17, 15) is 8.42 Å². The second kappa shape index (κ2) is 7.92. The number of benzene rings is 2. The molecule has 5 N–H and O–H groups in total. The fraction of sp³-hybridized carbons (Fsp3) is 0.375. The van der Waals surface area contributed by atoms with Crippen LogP contribution in [0.5, 0.6) is 0 Å². The molecule has 0 spiro atoms. The molecule has 0 aliphatic carbocycles. The Bertz CT molecular complexity index is 745. The van der Waals surface area contributed by atoms with E-state index in [1.807, 2.05) is 12.1 Å². The van der Waals surface area contributed by atoms with Crippen molar-refractivity contribution < 1.29 is 8.42 Å². The second-order valence-electron chi connectivity index (χ2n) is 5.24. The summed E-state index contributed by atoms with van der Waals surface area (Å²) in [4.78, 5) is 0.221. The highest BCUT2D eigenvalue weighted by Gasteiger charge is 2.18. The Morgan fingerprint density at radius 1 is 1.05 bits per heavy atom. The van der Waals surface area contributed by atoms with Crippen molar-refractivity contribution >= 4 is 32.4 Å². The summed E-state index contributed by atoms with van der Waals surface area (Å²) >= 11 is 6.14. The Morgan fingerprint density at radius 3 is 2.41 bits per heavy atom. The topological polar surface area (TPSA) is 95.2 Å². The van der Waals surface area contributed by atoms with Crippen LogP contribution in [-0.4, -0.2) is 8.42 Å². The molecule has 0 unspecified atom stereocenters. The molecular formula is C16H23ClN2O2S. The number of unbranched alkanes of at least 4 members (excludes halogenated alkanes) is 3. The van der Waals surface area contributed by atoms with Crippen molar-refractivity contribution in [3.63, 3.8) is 0 Å². The van der Waals surface area contributed by atoms with Crippen molar-refractivity contribution in [2.24, 2.45) is 5.14 Å². The minimum atomic E-state index is -3.78. The number of halogens is 1. The zero-order valence-electron chi connectivity index (χ0n) is 12.8. The van der Waals surface area contributed by atoms with Gasteiger partial charge in [-0.1, -0.05) is 62.1 Å². The van der Waals surface area contributed by atoms with E-state index in [1.54, 1.807) is 18.2 Å². The summed E-state index contributed by atoms with van der Waals surface area (Å²) in [5, 5.41) is 7.30. The zero-order valence-corrected chi connectivity index (χ0v) is 14.4. The maximum atomic E-state index is 12.0. The largest absolute Gasteiger partial charge is 0.344 e. The molecule has 6 heteroatoms. The Morgan fingerprint density at radius 2 is 1.77 bits per heavy atom. The van der Waals surface area contributed by atoms with E-state index in [1.165, 1.54) is 0 Å². The second-order valence-corrected chi connectivity index (χ2v) is 7.15. The third-order valence-electron chi connectivity index (χ3n) is 3.62. The molecular weight excluding hydrogens is 320 g/mol. The average Bonchev–Trinajstić information content (AvgIpc) is 2.42. The van der Waals surface area contributed by atoms with Gasteiger partial charge in [0.15, 0.2) is 0 Å². The van der Waals surface area contributed by atoms with Gasteiger partial charge in [-0.3, -0.25) is 0 Å². The number of fused-ring (bicyclic) bond motifs is 1. The van der Waals surface area contributed by atoms with E-state index in [2.05, 4.69) is 6.92 Å². The fourth-order valence-electron chi connectivity index (χ4n) is 2.61. The zero-order chi connectivity index (χ0) is 15.5. The third kappa shape index (κ3) is 4.20. The maximum Gasteiger partial charge on any atom is 0.238 e. The first kappa shape index (κ1) is 18.9. The Kier molecular flexibility index (Phi) is 6.81. The molecule has 0 aromatic heterocycles. The van der Waals surface area contributed by atoms with Gasteiger partial charge in [0, 0.05) is 15.8 Å². The Hall–Kier alpha value is -1.14. The van der Waals surface area contributed by atoms with Crippen LogP contribution in [0.25, 0.3) is 10.8 Å². The van der Waals surface area contributed by atoms with Crippen molar-refractivity contribution in [1.29, 1.82) is 0 Å². The number of aryl methyl sites for hydroxylation is 1. The van der Waals surface area contributed by atoms with Crippen LogP contribution in [0.3, 0.4) is 0 Å². The lowest BCUT2D eigenvalue weighted by Gasteiger charge is -2.12. The lowest BCUT2D eigenvalue weighted by Crippen LogP contribution is -2.15. The summed E-state index contributed by atoms with van der Waals surface area (Å²) in [6.07, 6.45) is 5.07. The summed E-state index contributed by atoms with van der Waals surface area (Å²) in [6, 6.07) is 8.97. The Labute approximate surface area is 137 Å². The van der Waals surface area contributed by atoms with Gasteiger partial charge in [0.1, 0.15) is 0 Å². The number of primary sulfonamides is 1. The molecule has 0 aliphatic heterocycles. The van der Waals surface area contributed by atoms with Gasteiger partial charge in [-0.05, 0) is 24.5 Å². The maximum absolute atomic E-state index is 12.0. The summed E-state index contributed by atoms with van der Waals surface area (Å²) in [7, 11) is -3.78. The SMILES string of the molecule is CCCCCCc1ccc2c(Cl)cccc2c1S(N)(=O)=O.N. The van der Waals surface area contributed by atoms with Crippen molar-refractivity contribution in [2.75, 3.05) is 0 Å².